The lowest BCUT2D eigenvalue weighted by atomic mass is 9.70. The van der Waals surface area contributed by atoms with Crippen molar-refractivity contribution in [3.05, 3.63) is 21.6 Å². The summed E-state index contributed by atoms with van der Waals surface area (Å²) < 4.78 is 0. The highest BCUT2D eigenvalue weighted by Gasteiger charge is 2.30. The van der Waals surface area contributed by atoms with Crippen LogP contribution in [0.1, 0.15) is 44.9 Å². The molecule has 0 amide bonds. The first kappa shape index (κ1) is 13.6. The van der Waals surface area contributed by atoms with Gasteiger partial charge in [-0.05, 0) is 37.5 Å². The summed E-state index contributed by atoms with van der Waals surface area (Å²) in [5, 5.41) is 10.6. The Balaban J connectivity index is 1.67. The minimum absolute atomic E-state index is 0.107. The number of aromatic nitrogens is 2. The average molecular weight is 295 g/mol. The second-order valence-corrected chi connectivity index (χ2v) is 6.14. The van der Waals surface area contributed by atoms with E-state index in [1.165, 1.54) is 44.0 Å². The molecule has 2 N–H and O–H groups in total. The van der Waals surface area contributed by atoms with E-state index in [1.54, 1.807) is 0 Å². The number of fused-ring (bicyclic) bond motifs is 1. The van der Waals surface area contributed by atoms with E-state index < -0.39 is 5.56 Å². The fourth-order valence-corrected chi connectivity index (χ4v) is 3.53. The number of hydrogen-bond donors (Lipinski definition) is 2. The van der Waals surface area contributed by atoms with Gasteiger partial charge in [-0.3, -0.25) is 10.2 Å². The molecule has 108 valence electrons. The maximum atomic E-state index is 11.3. The predicted molar refractivity (Wildman–Crippen MR) is 80.2 cm³/mol. The van der Waals surface area contributed by atoms with Crippen LogP contribution < -0.4 is 11.0 Å². The number of H-pyrrole nitrogens is 1. The molecule has 2 atom stereocenters. The van der Waals surface area contributed by atoms with Crippen molar-refractivity contribution in [1.29, 1.82) is 0 Å². The van der Waals surface area contributed by atoms with E-state index in [1.807, 2.05) is 0 Å². The van der Waals surface area contributed by atoms with Crippen LogP contribution >= 0.6 is 11.6 Å². The van der Waals surface area contributed by atoms with Crippen LogP contribution in [-0.4, -0.2) is 15.9 Å². The van der Waals surface area contributed by atoms with E-state index in [0.29, 0.717) is 5.69 Å². The maximum Gasteiger partial charge on any atom is 0.285 e. The van der Waals surface area contributed by atoms with Crippen molar-refractivity contribution < 1.29 is 0 Å². The zero-order chi connectivity index (χ0) is 13.9. The van der Waals surface area contributed by atoms with E-state index in [4.69, 9.17) is 11.6 Å². The molecule has 1 aromatic heterocycles. The highest BCUT2D eigenvalue weighted by molar-refractivity contribution is 6.32. The Kier molecular flexibility index (Phi) is 4.05. The minimum atomic E-state index is -0.396. The largest absolute Gasteiger partial charge is 0.285 e. The minimum Gasteiger partial charge on any atom is -0.275 e. The lowest BCUT2D eigenvalue weighted by Gasteiger charge is -2.35. The number of nitrogens with one attached hydrogen (secondary N) is 2. The van der Waals surface area contributed by atoms with Gasteiger partial charge in [-0.1, -0.05) is 30.9 Å². The van der Waals surface area contributed by atoms with Crippen molar-refractivity contribution in [2.75, 3.05) is 5.43 Å². The molecular formula is C14H19ClN4O. The molecule has 20 heavy (non-hydrogen) atoms. The Morgan fingerprint density at radius 2 is 2.10 bits per heavy atom. The van der Waals surface area contributed by atoms with E-state index in [-0.39, 0.29) is 5.02 Å². The van der Waals surface area contributed by atoms with Crippen molar-refractivity contribution in [3.63, 3.8) is 0 Å². The smallest absolute Gasteiger partial charge is 0.275 e. The summed E-state index contributed by atoms with van der Waals surface area (Å²) in [5.74, 6) is 1.69. The number of nitrogens with zero attached hydrogens (tertiary/aromatic N) is 2. The molecule has 0 unspecified atom stereocenters. The summed E-state index contributed by atoms with van der Waals surface area (Å²) in [5.41, 5.74) is 4.15. The lowest BCUT2D eigenvalue weighted by molar-refractivity contribution is 0.218. The Morgan fingerprint density at radius 1 is 1.30 bits per heavy atom. The van der Waals surface area contributed by atoms with Gasteiger partial charge in [0.1, 0.15) is 10.7 Å². The lowest BCUT2D eigenvalue weighted by Crippen LogP contribution is -2.28. The number of halogens is 1. The second kappa shape index (κ2) is 5.95. The summed E-state index contributed by atoms with van der Waals surface area (Å²) in [6.45, 7) is 0. The summed E-state index contributed by atoms with van der Waals surface area (Å²) in [6, 6.07) is 0. The third-order valence-corrected chi connectivity index (χ3v) is 4.87. The molecule has 0 spiro atoms. The van der Waals surface area contributed by atoms with Gasteiger partial charge in [-0.2, -0.15) is 10.2 Å². The molecule has 0 radical (unpaired) electrons. The molecule has 1 heterocycles. The van der Waals surface area contributed by atoms with E-state index in [0.717, 1.165) is 24.7 Å². The molecule has 6 heteroatoms. The first-order chi connectivity index (χ1) is 9.74. The summed E-state index contributed by atoms with van der Waals surface area (Å²) >= 11 is 5.91. The van der Waals surface area contributed by atoms with Gasteiger partial charge in [0.05, 0.1) is 6.20 Å². The molecule has 2 aliphatic rings. The molecule has 3 rings (SSSR count). The van der Waals surface area contributed by atoms with E-state index in [2.05, 4.69) is 20.7 Å². The van der Waals surface area contributed by atoms with Gasteiger partial charge in [0.25, 0.3) is 5.56 Å². The zero-order valence-electron chi connectivity index (χ0n) is 11.4. The third-order valence-electron chi connectivity index (χ3n) is 4.50. The highest BCUT2D eigenvalue weighted by atomic mass is 35.5. The molecule has 0 saturated heterocycles. The van der Waals surface area contributed by atoms with Gasteiger partial charge >= 0.3 is 0 Å². The molecule has 0 aromatic carbocycles. The number of hydrazone groups is 1. The summed E-state index contributed by atoms with van der Waals surface area (Å²) in [6.07, 6.45) is 10.3. The Bertz CT molecular complexity index is 569. The third kappa shape index (κ3) is 2.87. The van der Waals surface area contributed by atoms with Crippen LogP contribution in [0.5, 0.6) is 0 Å². The summed E-state index contributed by atoms with van der Waals surface area (Å²) in [4.78, 5) is 11.3. The number of hydrogen-bond acceptors (Lipinski definition) is 4. The quantitative estimate of drug-likeness (QED) is 0.823. The van der Waals surface area contributed by atoms with Crippen LogP contribution in [0, 0.1) is 11.8 Å². The van der Waals surface area contributed by atoms with Crippen molar-refractivity contribution in [2.45, 2.75) is 44.9 Å². The Morgan fingerprint density at radius 3 is 2.95 bits per heavy atom. The number of rotatable bonds is 2. The molecule has 0 aliphatic heterocycles. The standard InChI is InChI=1S/C14H19ClN4O/c15-13-12(8-16-19-14(13)20)18-17-11-6-5-9-3-1-2-4-10(9)7-11/h8-10H,1-7H2,(H2,18,19,20)/b17-11-/t9-,10+/m0/s1. The van der Waals surface area contributed by atoms with Gasteiger partial charge in [0, 0.05) is 5.71 Å². The van der Waals surface area contributed by atoms with Gasteiger partial charge in [0.2, 0.25) is 0 Å². The first-order valence-corrected chi connectivity index (χ1v) is 7.66. The molecular weight excluding hydrogens is 276 g/mol. The van der Waals surface area contributed by atoms with Crippen LogP contribution in [0.4, 0.5) is 5.69 Å². The van der Waals surface area contributed by atoms with E-state index >= 15 is 0 Å². The van der Waals surface area contributed by atoms with Crippen LogP contribution in [0.25, 0.3) is 0 Å². The van der Waals surface area contributed by atoms with Gasteiger partial charge < -0.3 is 0 Å². The zero-order valence-corrected chi connectivity index (χ0v) is 12.1. The SMILES string of the molecule is O=c1[nH]ncc(N/N=C2/CC[C@@H]3CCCC[C@@H]3C2)c1Cl. The van der Waals surface area contributed by atoms with Gasteiger partial charge in [0.15, 0.2) is 0 Å². The van der Waals surface area contributed by atoms with Crippen molar-refractivity contribution >= 4 is 23.0 Å². The Labute approximate surface area is 122 Å². The first-order valence-electron chi connectivity index (χ1n) is 7.28. The molecule has 1 aromatic rings. The molecule has 2 fully saturated rings. The average Bonchev–Trinajstić information content (AvgIpc) is 2.48. The van der Waals surface area contributed by atoms with Crippen molar-refractivity contribution in [3.8, 4) is 0 Å². The second-order valence-electron chi connectivity index (χ2n) is 5.76. The fraction of sp³-hybridized carbons (Fsp3) is 0.643. The maximum absolute atomic E-state index is 11.3. The van der Waals surface area contributed by atoms with Crippen molar-refractivity contribution in [2.24, 2.45) is 16.9 Å². The predicted octanol–water partition coefficient (Wildman–Crippen LogP) is 3.18. The number of aromatic amines is 1. The van der Waals surface area contributed by atoms with Crippen LogP contribution in [0.3, 0.4) is 0 Å². The molecule has 2 saturated carbocycles. The van der Waals surface area contributed by atoms with Crippen molar-refractivity contribution in [1.82, 2.24) is 10.2 Å². The van der Waals surface area contributed by atoms with E-state index in [9.17, 15) is 4.79 Å². The molecule has 2 aliphatic carbocycles. The number of anilines is 1. The normalized spacial score (nSPS) is 28.1. The van der Waals surface area contributed by atoms with Gasteiger partial charge in [-0.25, -0.2) is 5.10 Å². The molecule has 5 nitrogen and oxygen atoms in total. The van der Waals surface area contributed by atoms with Gasteiger partial charge in [-0.15, -0.1) is 0 Å². The monoisotopic (exact) mass is 294 g/mol. The van der Waals surface area contributed by atoms with Crippen LogP contribution in [0.2, 0.25) is 5.02 Å². The fourth-order valence-electron chi connectivity index (χ4n) is 3.39. The highest BCUT2D eigenvalue weighted by Crippen LogP contribution is 2.39. The summed E-state index contributed by atoms with van der Waals surface area (Å²) in [7, 11) is 0. The van der Waals surface area contributed by atoms with Crippen LogP contribution in [-0.2, 0) is 0 Å². The molecule has 0 bridgehead atoms. The van der Waals surface area contributed by atoms with Crippen LogP contribution in [0.15, 0.2) is 16.1 Å². The topological polar surface area (TPSA) is 70.1 Å². The Hall–Kier alpha value is -1.36.